The van der Waals surface area contributed by atoms with Gasteiger partial charge in [-0.2, -0.15) is 5.26 Å². The first kappa shape index (κ1) is 27.6. The number of benzene rings is 2. The number of nitrogens with zero attached hydrogens (tertiary/aromatic N) is 4. The third kappa shape index (κ3) is 6.52. The fraction of sp³-hybridized carbons (Fsp3) is 0.393. The Morgan fingerprint density at radius 3 is 2.38 bits per heavy atom. The highest BCUT2D eigenvalue weighted by Crippen LogP contribution is 2.31. The van der Waals surface area contributed by atoms with Crippen molar-refractivity contribution in [3.05, 3.63) is 59.4 Å². The standard InChI is InChI=1S/C28H30FN5O5/c1-19(35)31-17-28(2)18-34(27(38)39-28)22-7-8-24(23(29)15-22)32-11-13-33(14-12-32)26(37)10-9-25(36)21-5-3-20(16-30)4-6-21/h3-8,15H,9-14,17-18H2,1-2H3,(H,31,35)/t28-/m0/s1. The molecule has 2 aromatic carbocycles. The van der Waals surface area contributed by atoms with Crippen molar-refractivity contribution in [1.82, 2.24) is 10.2 Å². The Kier molecular flexibility index (Phi) is 8.14. The average Bonchev–Trinajstić information content (AvgIpc) is 3.24. The molecule has 2 aliphatic heterocycles. The largest absolute Gasteiger partial charge is 0.439 e. The SMILES string of the molecule is CC(=O)NC[C@@]1(C)CN(c2ccc(N3CCN(C(=O)CCC(=O)c4ccc(C#N)cc4)CC3)c(F)c2)C(=O)O1. The van der Waals surface area contributed by atoms with Crippen molar-refractivity contribution < 1.29 is 28.3 Å². The van der Waals surface area contributed by atoms with Gasteiger partial charge in [0.2, 0.25) is 11.8 Å². The molecule has 0 radical (unpaired) electrons. The van der Waals surface area contributed by atoms with E-state index < -0.39 is 17.5 Å². The topological polar surface area (TPSA) is 123 Å². The number of hydrogen-bond acceptors (Lipinski definition) is 7. The molecule has 4 rings (SSSR count). The van der Waals surface area contributed by atoms with Crippen LogP contribution in [0.3, 0.4) is 0 Å². The van der Waals surface area contributed by atoms with E-state index in [9.17, 15) is 19.2 Å². The molecule has 0 saturated carbocycles. The summed E-state index contributed by atoms with van der Waals surface area (Å²) in [6.07, 6.45) is -0.460. The number of hydrogen-bond donors (Lipinski definition) is 1. The number of carbonyl (C=O) groups is 4. The Balaban J connectivity index is 1.29. The molecular formula is C28H30FN5O5. The molecule has 1 N–H and O–H groups in total. The smallest absolute Gasteiger partial charge is 0.415 e. The maximum absolute atomic E-state index is 15.1. The predicted molar refractivity (Wildman–Crippen MR) is 141 cm³/mol. The molecule has 0 spiro atoms. The molecule has 204 valence electrons. The lowest BCUT2D eigenvalue weighted by molar-refractivity contribution is -0.131. The highest BCUT2D eigenvalue weighted by atomic mass is 19.1. The number of piperazine rings is 1. The zero-order valence-corrected chi connectivity index (χ0v) is 21.9. The number of ketones is 1. The summed E-state index contributed by atoms with van der Waals surface area (Å²) >= 11 is 0. The van der Waals surface area contributed by atoms with Gasteiger partial charge in [-0.25, -0.2) is 9.18 Å². The number of amides is 3. The second-order valence-electron chi connectivity index (χ2n) is 9.93. The van der Waals surface area contributed by atoms with Crippen molar-refractivity contribution in [2.24, 2.45) is 0 Å². The Morgan fingerprint density at radius 2 is 1.77 bits per heavy atom. The monoisotopic (exact) mass is 535 g/mol. The van der Waals surface area contributed by atoms with Gasteiger partial charge in [-0.15, -0.1) is 0 Å². The van der Waals surface area contributed by atoms with Crippen LogP contribution in [-0.4, -0.2) is 73.5 Å². The zero-order valence-electron chi connectivity index (χ0n) is 21.9. The van der Waals surface area contributed by atoms with Gasteiger partial charge >= 0.3 is 6.09 Å². The van der Waals surface area contributed by atoms with E-state index in [-0.39, 0.29) is 43.5 Å². The number of anilines is 2. The Bertz CT molecular complexity index is 1320. The van der Waals surface area contributed by atoms with Crippen molar-refractivity contribution >= 4 is 35.1 Å². The minimum atomic E-state index is -0.923. The van der Waals surface area contributed by atoms with Gasteiger partial charge in [0.1, 0.15) is 11.4 Å². The summed E-state index contributed by atoms with van der Waals surface area (Å²) in [6, 6.07) is 12.9. The second kappa shape index (κ2) is 11.5. The van der Waals surface area contributed by atoms with Crippen molar-refractivity contribution in [2.45, 2.75) is 32.3 Å². The highest BCUT2D eigenvalue weighted by Gasteiger charge is 2.42. The fourth-order valence-electron chi connectivity index (χ4n) is 4.67. The summed E-state index contributed by atoms with van der Waals surface area (Å²) in [4.78, 5) is 53.6. The number of ether oxygens (including phenoxy) is 1. The Morgan fingerprint density at radius 1 is 1.08 bits per heavy atom. The van der Waals surface area contributed by atoms with Gasteiger partial charge in [0, 0.05) is 51.5 Å². The van der Waals surface area contributed by atoms with E-state index in [0.29, 0.717) is 48.7 Å². The second-order valence-corrected chi connectivity index (χ2v) is 9.93. The molecular weight excluding hydrogens is 505 g/mol. The van der Waals surface area contributed by atoms with Crippen LogP contribution in [-0.2, 0) is 14.3 Å². The maximum Gasteiger partial charge on any atom is 0.415 e. The summed E-state index contributed by atoms with van der Waals surface area (Å²) in [6.45, 7) is 5.03. The van der Waals surface area contributed by atoms with Gasteiger partial charge in [-0.05, 0) is 37.3 Å². The quantitative estimate of drug-likeness (QED) is 0.516. The number of nitriles is 1. The van der Waals surface area contributed by atoms with Crippen LogP contribution in [0, 0.1) is 17.1 Å². The minimum Gasteiger partial charge on any atom is -0.439 e. The number of carbonyl (C=O) groups excluding carboxylic acids is 4. The maximum atomic E-state index is 15.1. The zero-order chi connectivity index (χ0) is 28.2. The van der Waals surface area contributed by atoms with Gasteiger partial charge in [-0.1, -0.05) is 12.1 Å². The summed E-state index contributed by atoms with van der Waals surface area (Å²) in [5.74, 6) is -1.03. The van der Waals surface area contributed by atoms with Crippen LogP contribution in [0.25, 0.3) is 0 Å². The van der Waals surface area contributed by atoms with Crippen molar-refractivity contribution in [1.29, 1.82) is 5.26 Å². The Hall–Kier alpha value is -4.46. The van der Waals surface area contributed by atoms with Crippen LogP contribution < -0.4 is 15.1 Å². The lowest BCUT2D eigenvalue weighted by Crippen LogP contribution is -2.49. The fourth-order valence-corrected chi connectivity index (χ4v) is 4.67. The van der Waals surface area contributed by atoms with Crippen molar-refractivity contribution in [3.63, 3.8) is 0 Å². The molecule has 39 heavy (non-hydrogen) atoms. The molecule has 0 unspecified atom stereocenters. The van der Waals surface area contributed by atoms with Crippen LogP contribution in [0.4, 0.5) is 20.6 Å². The summed E-state index contributed by atoms with van der Waals surface area (Å²) in [5, 5.41) is 11.5. The van der Waals surface area contributed by atoms with E-state index in [1.54, 1.807) is 48.2 Å². The molecule has 10 nitrogen and oxygen atoms in total. The molecule has 2 fully saturated rings. The van der Waals surface area contributed by atoms with Gasteiger partial charge < -0.3 is 19.9 Å². The van der Waals surface area contributed by atoms with Gasteiger partial charge in [-0.3, -0.25) is 19.3 Å². The molecule has 0 aliphatic carbocycles. The average molecular weight is 536 g/mol. The molecule has 2 saturated heterocycles. The van der Waals surface area contributed by atoms with E-state index in [1.807, 2.05) is 11.0 Å². The van der Waals surface area contributed by atoms with E-state index in [1.165, 1.54) is 17.9 Å². The van der Waals surface area contributed by atoms with Crippen molar-refractivity contribution in [3.8, 4) is 6.07 Å². The number of Topliss-reactive ketones (excluding diaryl/α,β-unsaturated/α-hetero) is 1. The summed E-state index contributed by atoms with van der Waals surface area (Å²) in [7, 11) is 0. The molecule has 0 aromatic heterocycles. The Labute approximate surface area is 225 Å². The first-order chi connectivity index (χ1) is 18.6. The molecule has 11 heteroatoms. The predicted octanol–water partition coefficient (Wildman–Crippen LogP) is 2.86. The minimum absolute atomic E-state index is 0.0732. The third-order valence-corrected chi connectivity index (χ3v) is 6.88. The molecule has 3 amide bonds. The lowest BCUT2D eigenvalue weighted by Gasteiger charge is -2.36. The van der Waals surface area contributed by atoms with Crippen LogP contribution in [0.5, 0.6) is 0 Å². The van der Waals surface area contributed by atoms with Gasteiger partial charge in [0.25, 0.3) is 0 Å². The number of halogens is 1. The van der Waals surface area contributed by atoms with Gasteiger partial charge in [0.15, 0.2) is 5.78 Å². The van der Waals surface area contributed by atoms with E-state index in [2.05, 4.69) is 5.32 Å². The molecule has 0 bridgehead atoms. The van der Waals surface area contributed by atoms with Crippen LogP contribution in [0.15, 0.2) is 42.5 Å². The molecule has 1 atom stereocenters. The first-order valence-corrected chi connectivity index (χ1v) is 12.7. The molecule has 2 aliphatic rings. The van der Waals surface area contributed by atoms with E-state index >= 15 is 4.39 Å². The number of cyclic esters (lactones) is 1. The number of rotatable bonds is 8. The van der Waals surface area contributed by atoms with Crippen molar-refractivity contribution in [2.75, 3.05) is 49.1 Å². The first-order valence-electron chi connectivity index (χ1n) is 12.7. The summed E-state index contributed by atoms with van der Waals surface area (Å²) in [5.41, 5.74) is 0.730. The molecule has 2 heterocycles. The highest BCUT2D eigenvalue weighted by molar-refractivity contribution is 5.98. The molecule has 2 aromatic rings. The summed E-state index contributed by atoms with van der Waals surface area (Å²) < 4.78 is 20.5. The third-order valence-electron chi connectivity index (χ3n) is 6.88. The lowest BCUT2D eigenvalue weighted by atomic mass is 10.0. The number of nitrogens with one attached hydrogen (secondary N) is 1. The van der Waals surface area contributed by atoms with Crippen LogP contribution >= 0.6 is 0 Å². The van der Waals surface area contributed by atoms with E-state index in [0.717, 1.165) is 0 Å². The van der Waals surface area contributed by atoms with Crippen LogP contribution in [0.1, 0.15) is 42.6 Å². The van der Waals surface area contributed by atoms with Crippen LogP contribution in [0.2, 0.25) is 0 Å². The normalized spacial score (nSPS) is 18.9. The van der Waals surface area contributed by atoms with E-state index in [4.69, 9.17) is 10.00 Å². The van der Waals surface area contributed by atoms with Gasteiger partial charge in [0.05, 0.1) is 36.1 Å².